The van der Waals surface area contributed by atoms with E-state index in [0.29, 0.717) is 0 Å². The maximum atomic E-state index is 2.42. The van der Waals surface area contributed by atoms with Crippen LogP contribution in [0.1, 0.15) is 0 Å². The molecule has 0 aliphatic heterocycles. The molecule has 0 N–H and O–H groups in total. The smallest absolute Gasteiger partial charge is 0.0640 e. The number of rotatable bonds is 6. The van der Waals surface area contributed by atoms with Crippen LogP contribution in [0.15, 0.2) is 212 Å². The number of nitrogens with zero attached hydrogens (tertiary/aromatic N) is 1. The van der Waals surface area contributed by atoms with Crippen LogP contribution in [-0.2, 0) is 0 Å². The summed E-state index contributed by atoms with van der Waals surface area (Å²) in [6.45, 7) is 0. The molecule has 0 aliphatic carbocycles. The zero-order valence-electron chi connectivity index (χ0n) is 30.6. The van der Waals surface area contributed by atoms with E-state index in [1.54, 1.807) is 0 Å². The van der Waals surface area contributed by atoms with Gasteiger partial charge in [0.05, 0.1) is 10.4 Å². The summed E-state index contributed by atoms with van der Waals surface area (Å²) in [5.41, 5.74) is 10.8. The fraction of sp³-hybridized carbons (Fsp3) is 0. The lowest BCUT2D eigenvalue weighted by Crippen LogP contribution is -2.10. The minimum absolute atomic E-state index is 1.12. The summed E-state index contributed by atoms with van der Waals surface area (Å²) in [5, 5.41) is 10.2. The van der Waals surface area contributed by atoms with E-state index in [1.807, 2.05) is 11.3 Å². The van der Waals surface area contributed by atoms with E-state index < -0.39 is 0 Å². The third kappa shape index (κ3) is 5.54. The second kappa shape index (κ2) is 13.4. The first-order valence-electron chi connectivity index (χ1n) is 19.2. The van der Waals surface area contributed by atoms with Crippen LogP contribution in [0.25, 0.3) is 85.9 Å². The van der Waals surface area contributed by atoms with Gasteiger partial charge in [0.2, 0.25) is 0 Å². The SMILES string of the molecule is c1ccc(-c2ccc3ccc4ccc(-c5ccc(N(c6ccc(-c7cccc8ccccc78)cc6)c6cccc7c6sc6ccccc67)cc5)cc4c3c2)cc1. The van der Waals surface area contributed by atoms with Crippen LogP contribution in [0.4, 0.5) is 17.1 Å². The Balaban J connectivity index is 1.02. The number of anilines is 3. The third-order valence-electron chi connectivity index (χ3n) is 11.3. The molecule has 11 rings (SSSR count). The van der Waals surface area contributed by atoms with E-state index in [0.717, 1.165) is 11.4 Å². The molecular formula is C54H35NS. The summed E-state index contributed by atoms with van der Waals surface area (Å²) in [4.78, 5) is 2.42. The summed E-state index contributed by atoms with van der Waals surface area (Å²) >= 11 is 1.87. The van der Waals surface area contributed by atoms with E-state index in [1.165, 1.54) is 91.6 Å². The van der Waals surface area contributed by atoms with Crippen molar-refractivity contribution in [2.45, 2.75) is 0 Å². The van der Waals surface area contributed by atoms with Crippen molar-refractivity contribution < 1.29 is 0 Å². The summed E-state index contributed by atoms with van der Waals surface area (Å²) < 4.78 is 2.59. The van der Waals surface area contributed by atoms with Gasteiger partial charge in [-0.1, -0.05) is 164 Å². The average molecular weight is 730 g/mol. The normalized spacial score (nSPS) is 11.6. The number of benzene rings is 10. The van der Waals surface area contributed by atoms with Gasteiger partial charge in [0, 0.05) is 26.8 Å². The predicted molar refractivity (Wildman–Crippen MR) is 243 cm³/mol. The number of hydrogen-bond donors (Lipinski definition) is 0. The van der Waals surface area contributed by atoms with E-state index in [9.17, 15) is 0 Å². The van der Waals surface area contributed by atoms with Crippen molar-refractivity contribution in [3.63, 3.8) is 0 Å². The lowest BCUT2D eigenvalue weighted by atomic mass is 9.94. The van der Waals surface area contributed by atoms with Gasteiger partial charge < -0.3 is 4.90 Å². The summed E-state index contributed by atoms with van der Waals surface area (Å²) in [6.07, 6.45) is 0. The molecule has 262 valence electrons. The highest BCUT2D eigenvalue weighted by molar-refractivity contribution is 7.26. The maximum absolute atomic E-state index is 2.42. The Bertz CT molecular complexity index is 3230. The van der Waals surface area contributed by atoms with Gasteiger partial charge in [0.15, 0.2) is 0 Å². The highest BCUT2D eigenvalue weighted by atomic mass is 32.1. The minimum Gasteiger partial charge on any atom is -0.309 e. The fourth-order valence-electron chi connectivity index (χ4n) is 8.44. The molecule has 1 heterocycles. The summed E-state index contributed by atoms with van der Waals surface area (Å²) in [7, 11) is 0. The van der Waals surface area contributed by atoms with E-state index in [2.05, 4.69) is 217 Å². The molecule has 0 radical (unpaired) electrons. The minimum atomic E-state index is 1.12. The second-order valence-electron chi connectivity index (χ2n) is 14.5. The first-order chi connectivity index (χ1) is 27.7. The molecule has 0 spiro atoms. The average Bonchev–Trinajstić information content (AvgIpc) is 3.66. The van der Waals surface area contributed by atoms with Crippen molar-refractivity contribution in [1.82, 2.24) is 0 Å². The van der Waals surface area contributed by atoms with Crippen LogP contribution in [0.5, 0.6) is 0 Å². The largest absolute Gasteiger partial charge is 0.309 e. The van der Waals surface area contributed by atoms with Crippen molar-refractivity contribution in [2.75, 3.05) is 4.90 Å². The Hall–Kier alpha value is -7.00. The van der Waals surface area contributed by atoms with Gasteiger partial charge in [-0.2, -0.15) is 0 Å². The van der Waals surface area contributed by atoms with Gasteiger partial charge in [-0.3, -0.25) is 0 Å². The number of thiophene rings is 1. The van der Waals surface area contributed by atoms with Crippen LogP contribution in [0.3, 0.4) is 0 Å². The lowest BCUT2D eigenvalue weighted by molar-refractivity contribution is 1.30. The van der Waals surface area contributed by atoms with Crippen LogP contribution in [-0.4, -0.2) is 0 Å². The molecular weight excluding hydrogens is 695 g/mol. The van der Waals surface area contributed by atoms with Crippen molar-refractivity contribution in [3.05, 3.63) is 212 Å². The topological polar surface area (TPSA) is 3.24 Å². The molecule has 10 aromatic carbocycles. The Morgan fingerprint density at radius 3 is 1.52 bits per heavy atom. The molecule has 0 fully saturated rings. The monoisotopic (exact) mass is 729 g/mol. The first-order valence-corrected chi connectivity index (χ1v) is 20.0. The molecule has 0 unspecified atom stereocenters. The van der Waals surface area contributed by atoms with Gasteiger partial charge in [-0.25, -0.2) is 0 Å². The highest BCUT2D eigenvalue weighted by Crippen LogP contribution is 2.45. The first kappa shape index (κ1) is 32.4. The van der Waals surface area contributed by atoms with Crippen LogP contribution >= 0.6 is 11.3 Å². The predicted octanol–water partition coefficient (Wildman–Crippen LogP) is 16.0. The molecule has 56 heavy (non-hydrogen) atoms. The summed E-state index contributed by atoms with van der Waals surface area (Å²) in [6, 6.07) is 77.7. The van der Waals surface area contributed by atoms with E-state index in [-0.39, 0.29) is 0 Å². The second-order valence-corrected chi connectivity index (χ2v) is 15.6. The van der Waals surface area contributed by atoms with Gasteiger partial charge >= 0.3 is 0 Å². The van der Waals surface area contributed by atoms with Gasteiger partial charge in [-0.05, 0) is 114 Å². The molecule has 0 saturated heterocycles. The number of hydrogen-bond acceptors (Lipinski definition) is 2. The molecule has 0 saturated carbocycles. The lowest BCUT2D eigenvalue weighted by Gasteiger charge is -2.26. The zero-order chi connectivity index (χ0) is 37.0. The Morgan fingerprint density at radius 1 is 0.304 bits per heavy atom. The summed E-state index contributed by atoms with van der Waals surface area (Å²) in [5.74, 6) is 0. The zero-order valence-corrected chi connectivity index (χ0v) is 31.4. The molecule has 0 bridgehead atoms. The molecule has 0 atom stereocenters. The molecule has 0 amide bonds. The van der Waals surface area contributed by atoms with Crippen molar-refractivity contribution in [1.29, 1.82) is 0 Å². The van der Waals surface area contributed by atoms with Crippen LogP contribution in [0, 0.1) is 0 Å². The van der Waals surface area contributed by atoms with E-state index in [4.69, 9.17) is 0 Å². The van der Waals surface area contributed by atoms with E-state index >= 15 is 0 Å². The quantitative estimate of drug-likeness (QED) is 0.154. The van der Waals surface area contributed by atoms with Crippen LogP contribution in [0.2, 0.25) is 0 Å². The molecule has 0 aliphatic rings. The molecule has 11 aromatic rings. The fourth-order valence-corrected chi connectivity index (χ4v) is 9.65. The number of fused-ring (bicyclic) bond motifs is 7. The Labute approximate surface area is 330 Å². The standard InChI is InChI=1S/C54H35NS/c1-2-10-36(11-3-1)42-24-22-40-20-21-41-23-25-43(35-51(41)50(40)34-42)37-26-30-44(31-27-37)55(52-18-9-17-49-48-15-6-7-19-53(48)56-54(49)52)45-32-28-39(29-33-45)47-16-8-13-38-12-4-5-14-46(38)47/h1-35H. The van der Waals surface area contributed by atoms with Crippen molar-refractivity contribution >= 4 is 80.9 Å². The van der Waals surface area contributed by atoms with Crippen molar-refractivity contribution in [2.24, 2.45) is 0 Å². The Kier molecular flexibility index (Phi) is 7.75. The highest BCUT2D eigenvalue weighted by Gasteiger charge is 2.19. The molecule has 1 aromatic heterocycles. The molecule has 2 heteroatoms. The van der Waals surface area contributed by atoms with Crippen LogP contribution < -0.4 is 4.90 Å². The third-order valence-corrected chi connectivity index (χ3v) is 12.5. The molecule has 1 nitrogen and oxygen atoms in total. The Morgan fingerprint density at radius 2 is 0.804 bits per heavy atom. The van der Waals surface area contributed by atoms with Gasteiger partial charge in [-0.15, -0.1) is 11.3 Å². The van der Waals surface area contributed by atoms with Gasteiger partial charge in [0.25, 0.3) is 0 Å². The van der Waals surface area contributed by atoms with Gasteiger partial charge in [0.1, 0.15) is 0 Å². The maximum Gasteiger partial charge on any atom is 0.0640 e. The van der Waals surface area contributed by atoms with Crippen molar-refractivity contribution in [3.8, 4) is 33.4 Å².